The minimum Gasteiger partial charge on any atom is -0.481 e. The Bertz CT molecular complexity index is 1270. The molecule has 0 aliphatic heterocycles. The SMILES string of the molecule is CC(F)(P)c1cc(CNC(=O)c2ncnc3c(NC(=O)C4CCC(C(=O)O)CC4)n[nH]c23)ccn1. The number of anilines is 1. The Balaban J connectivity index is 1.43. The van der Waals surface area contributed by atoms with Gasteiger partial charge < -0.3 is 15.7 Å². The summed E-state index contributed by atoms with van der Waals surface area (Å²) in [5.74, 6) is -2.17. The van der Waals surface area contributed by atoms with Gasteiger partial charge in [0.25, 0.3) is 5.91 Å². The molecule has 2 atom stereocenters. The Morgan fingerprint density at radius 2 is 1.91 bits per heavy atom. The van der Waals surface area contributed by atoms with Crippen molar-refractivity contribution in [3.05, 3.63) is 41.6 Å². The number of carbonyl (C=O) groups is 3. The third-order valence-electron chi connectivity index (χ3n) is 6.03. The average molecular weight is 501 g/mol. The van der Waals surface area contributed by atoms with E-state index in [0.29, 0.717) is 31.2 Å². The summed E-state index contributed by atoms with van der Waals surface area (Å²) in [7, 11) is 2.08. The molecule has 13 heteroatoms. The van der Waals surface area contributed by atoms with Gasteiger partial charge >= 0.3 is 5.97 Å². The number of nitrogens with one attached hydrogen (secondary N) is 3. The van der Waals surface area contributed by atoms with Gasteiger partial charge in [-0.25, -0.2) is 14.4 Å². The fourth-order valence-electron chi connectivity index (χ4n) is 4.03. The van der Waals surface area contributed by atoms with Gasteiger partial charge in [0.2, 0.25) is 5.91 Å². The van der Waals surface area contributed by atoms with Crippen molar-refractivity contribution in [3.63, 3.8) is 0 Å². The van der Waals surface area contributed by atoms with Crippen LogP contribution in [0.5, 0.6) is 0 Å². The smallest absolute Gasteiger partial charge is 0.306 e. The zero-order valence-electron chi connectivity index (χ0n) is 18.9. The lowest BCUT2D eigenvalue weighted by atomic mass is 9.81. The summed E-state index contributed by atoms with van der Waals surface area (Å²) in [6, 6.07) is 3.24. The first-order valence-corrected chi connectivity index (χ1v) is 11.7. The van der Waals surface area contributed by atoms with Gasteiger partial charge in [-0.3, -0.25) is 24.5 Å². The Morgan fingerprint density at radius 1 is 1.20 bits per heavy atom. The number of halogens is 1. The standard InChI is InChI=1S/C22H25FN7O4P/c1-22(23,35)14-8-11(6-7-24-14)9-25-20(32)17-15-16(26-10-27-17)18(30-29-15)28-19(31)12-2-4-13(5-3-12)21(33)34/h6-8,10,12-13H,2-5,9,35H2,1H3,(H,25,32)(H,33,34)(H2,28,29,30,31). The molecule has 4 N–H and O–H groups in total. The number of hydrogen-bond donors (Lipinski definition) is 4. The molecule has 0 spiro atoms. The number of aliphatic carboxylic acids is 1. The van der Waals surface area contributed by atoms with Gasteiger partial charge in [-0.15, -0.1) is 0 Å². The zero-order valence-corrected chi connectivity index (χ0v) is 20.1. The van der Waals surface area contributed by atoms with Crippen molar-refractivity contribution in [2.45, 2.75) is 44.6 Å². The van der Waals surface area contributed by atoms with Crippen LogP contribution in [-0.2, 0) is 21.5 Å². The van der Waals surface area contributed by atoms with Crippen molar-refractivity contribution in [1.82, 2.24) is 30.5 Å². The van der Waals surface area contributed by atoms with E-state index in [1.54, 1.807) is 12.1 Å². The van der Waals surface area contributed by atoms with Crippen LogP contribution in [0.15, 0.2) is 24.7 Å². The van der Waals surface area contributed by atoms with Gasteiger partial charge in [0.15, 0.2) is 16.9 Å². The Morgan fingerprint density at radius 3 is 2.60 bits per heavy atom. The summed E-state index contributed by atoms with van der Waals surface area (Å²) in [6.07, 6.45) is 4.52. The molecule has 0 radical (unpaired) electrons. The van der Waals surface area contributed by atoms with E-state index >= 15 is 0 Å². The van der Waals surface area contributed by atoms with Crippen LogP contribution in [0.4, 0.5) is 10.2 Å². The highest BCUT2D eigenvalue weighted by molar-refractivity contribution is 7.18. The second kappa shape index (κ2) is 9.99. The number of amides is 2. The predicted octanol–water partition coefficient (Wildman–Crippen LogP) is 2.52. The topological polar surface area (TPSA) is 163 Å². The van der Waals surface area contributed by atoms with Gasteiger partial charge in [-0.2, -0.15) is 5.10 Å². The minimum atomic E-state index is -1.69. The van der Waals surface area contributed by atoms with E-state index in [9.17, 15) is 18.8 Å². The van der Waals surface area contributed by atoms with Crippen LogP contribution in [0, 0.1) is 11.8 Å². The van der Waals surface area contributed by atoms with Crippen molar-refractivity contribution in [2.75, 3.05) is 5.32 Å². The second-order valence-electron chi connectivity index (χ2n) is 8.70. The molecule has 184 valence electrons. The van der Waals surface area contributed by atoms with Gasteiger partial charge in [0.05, 0.1) is 11.6 Å². The lowest BCUT2D eigenvalue weighted by Crippen LogP contribution is -2.29. The molecule has 3 aromatic rings. The van der Waals surface area contributed by atoms with Crippen molar-refractivity contribution >= 4 is 43.9 Å². The fourth-order valence-corrected chi connectivity index (χ4v) is 4.19. The molecule has 1 aliphatic rings. The maximum absolute atomic E-state index is 14.1. The number of hydrogen-bond acceptors (Lipinski definition) is 7. The van der Waals surface area contributed by atoms with Crippen LogP contribution in [-0.4, -0.2) is 48.0 Å². The Labute approximate surface area is 201 Å². The van der Waals surface area contributed by atoms with E-state index in [-0.39, 0.29) is 46.6 Å². The van der Waals surface area contributed by atoms with Gasteiger partial charge in [-0.05, 0) is 50.3 Å². The van der Waals surface area contributed by atoms with E-state index in [4.69, 9.17) is 5.11 Å². The van der Waals surface area contributed by atoms with Crippen LogP contribution in [0.2, 0.25) is 0 Å². The molecule has 3 aromatic heterocycles. The lowest BCUT2D eigenvalue weighted by molar-refractivity contribution is -0.143. The molecule has 1 saturated carbocycles. The van der Waals surface area contributed by atoms with E-state index < -0.39 is 23.2 Å². The number of alkyl halides is 1. The number of pyridine rings is 1. The molecule has 0 aromatic carbocycles. The zero-order chi connectivity index (χ0) is 25.2. The van der Waals surface area contributed by atoms with Gasteiger partial charge in [-0.1, -0.05) is 9.24 Å². The Hall–Kier alpha value is -3.53. The first-order chi connectivity index (χ1) is 16.6. The lowest BCUT2D eigenvalue weighted by Gasteiger charge is -2.24. The second-order valence-corrected chi connectivity index (χ2v) is 9.79. The summed E-state index contributed by atoms with van der Waals surface area (Å²) >= 11 is 0. The van der Waals surface area contributed by atoms with Crippen LogP contribution in [0.25, 0.3) is 11.0 Å². The highest BCUT2D eigenvalue weighted by Crippen LogP contribution is 2.32. The van der Waals surface area contributed by atoms with Crippen LogP contribution >= 0.6 is 9.24 Å². The van der Waals surface area contributed by atoms with Crippen LogP contribution in [0.1, 0.15) is 54.4 Å². The van der Waals surface area contributed by atoms with E-state index in [0.717, 1.165) is 0 Å². The highest BCUT2D eigenvalue weighted by atomic mass is 31.0. The summed E-state index contributed by atoms with van der Waals surface area (Å²) in [4.78, 5) is 48.8. The molecule has 0 bridgehead atoms. The molecule has 2 unspecified atom stereocenters. The largest absolute Gasteiger partial charge is 0.481 e. The number of carboxylic acids is 1. The maximum atomic E-state index is 14.1. The molecule has 1 aliphatic carbocycles. The van der Waals surface area contributed by atoms with Crippen molar-refractivity contribution in [1.29, 1.82) is 0 Å². The molecule has 1 fully saturated rings. The first-order valence-electron chi connectivity index (χ1n) is 11.1. The minimum absolute atomic E-state index is 0.0422. The van der Waals surface area contributed by atoms with E-state index in [1.165, 1.54) is 19.4 Å². The molecular formula is C22H25FN7O4P. The van der Waals surface area contributed by atoms with Crippen molar-refractivity contribution < 1.29 is 23.9 Å². The number of H-pyrrole nitrogens is 1. The summed E-state index contributed by atoms with van der Waals surface area (Å²) in [6.45, 7) is 1.49. The molecule has 2 amide bonds. The van der Waals surface area contributed by atoms with Gasteiger partial charge in [0.1, 0.15) is 17.4 Å². The predicted molar refractivity (Wildman–Crippen MR) is 127 cm³/mol. The first kappa shape index (κ1) is 24.6. The molecule has 0 saturated heterocycles. The van der Waals surface area contributed by atoms with Crippen LogP contribution in [0.3, 0.4) is 0 Å². The fraction of sp³-hybridized carbons (Fsp3) is 0.409. The van der Waals surface area contributed by atoms with Crippen molar-refractivity contribution in [3.8, 4) is 0 Å². The number of rotatable bonds is 7. The highest BCUT2D eigenvalue weighted by Gasteiger charge is 2.30. The average Bonchev–Trinajstić information content (AvgIpc) is 3.25. The number of fused-ring (bicyclic) bond motifs is 1. The molecule has 3 heterocycles. The monoisotopic (exact) mass is 501 g/mol. The van der Waals surface area contributed by atoms with Crippen molar-refractivity contribution in [2.24, 2.45) is 11.8 Å². The maximum Gasteiger partial charge on any atom is 0.306 e. The number of aromatic nitrogens is 5. The van der Waals surface area contributed by atoms with Gasteiger partial charge in [0, 0.05) is 18.7 Å². The molecule has 35 heavy (non-hydrogen) atoms. The van der Waals surface area contributed by atoms with Crippen LogP contribution < -0.4 is 10.6 Å². The molecule has 4 rings (SSSR count). The number of carbonyl (C=O) groups excluding carboxylic acids is 2. The Kier molecular flexibility index (Phi) is 7.02. The molecule has 11 nitrogen and oxygen atoms in total. The summed E-state index contributed by atoms with van der Waals surface area (Å²) < 4.78 is 14.1. The molecular weight excluding hydrogens is 476 g/mol. The normalized spacial score (nSPS) is 19.6. The third kappa shape index (κ3) is 5.59. The number of nitrogens with zero attached hydrogens (tertiary/aromatic N) is 4. The summed E-state index contributed by atoms with van der Waals surface area (Å²) in [5, 5.41) is 19.7. The van der Waals surface area contributed by atoms with E-state index in [1.807, 2.05) is 0 Å². The third-order valence-corrected chi connectivity index (χ3v) is 6.33. The quantitative estimate of drug-likeness (QED) is 0.359. The summed E-state index contributed by atoms with van der Waals surface area (Å²) in [5.41, 5.74) is 1.46. The van der Waals surface area contributed by atoms with E-state index in [2.05, 4.69) is 45.0 Å². The number of aromatic amines is 1. The number of carboxylic acid groups (broad SMARTS) is 1.